The molecule has 0 spiro atoms. The van der Waals surface area contributed by atoms with E-state index in [0.29, 0.717) is 13.1 Å². The van der Waals surface area contributed by atoms with Crippen molar-refractivity contribution in [3.63, 3.8) is 0 Å². The van der Waals surface area contributed by atoms with Crippen LogP contribution in [0.5, 0.6) is 0 Å². The first-order valence-electron chi connectivity index (χ1n) is 6.69. The lowest BCUT2D eigenvalue weighted by atomic mass is 10.3. The average molecular weight is 273 g/mol. The highest BCUT2D eigenvalue weighted by Gasteiger charge is 2.18. The Morgan fingerprint density at radius 2 is 2.25 bits per heavy atom. The number of hydrogen-bond acceptors (Lipinski definition) is 3. The molecule has 0 aliphatic carbocycles. The van der Waals surface area contributed by atoms with Gasteiger partial charge in [0.1, 0.15) is 0 Å². The van der Waals surface area contributed by atoms with Crippen molar-refractivity contribution in [3.8, 4) is 5.69 Å². The maximum Gasteiger partial charge on any atom is 0.321 e. The van der Waals surface area contributed by atoms with Crippen molar-refractivity contribution < 1.29 is 4.79 Å². The average Bonchev–Trinajstić information content (AvgIpc) is 2.83. The van der Waals surface area contributed by atoms with Crippen LogP contribution in [0.2, 0.25) is 0 Å². The van der Waals surface area contributed by atoms with E-state index in [-0.39, 0.29) is 6.03 Å². The van der Waals surface area contributed by atoms with Gasteiger partial charge in [-0.1, -0.05) is 0 Å². The lowest BCUT2D eigenvalue weighted by Crippen LogP contribution is -2.40. The Kier molecular flexibility index (Phi) is 4.34. The molecular weight excluding hydrogens is 254 g/mol. The van der Waals surface area contributed by atoms with Gasteiger partial charge < -0.3 is 5.32 Å². The fourth-order valence-corrected chi connectivity index (χ4v) is 2.01. The highest BCUT2D eigenvalue weighted by atomic mass is 16.2. The van der Waals surface area contributed by atoms with Gasteiger partial charge in [0.15, 0.2) is 0 Å². The maximum absolute atomic E-state index is 12.0. The number of carbonyl (C=O) groups excluding carboxylic acids is 1. The molecule has 2 aromatic rings. The summed E-state index contributed by atoms with van der Waals surface area (Å²) in [4.78, 5) is 17.8. The van der Waals surface area contributed by atoms with Crippen LogP contribution in [0.4, 0.5) is 10.5 Å². The van der Waals surface area contributed by atoms with Crippen LogP contribution in [0.3, 0.4) is 0 Å². The van der Waals surface area contributed by atoms with Gasteiger partial charge in [-0.15, -0.1) is 0 Å². The first-order chi connectivity index (χ1) is 9.67. The molecule has 2 heterocycles. The van der Waals surface area contributed by atoms with E-state index in [9.17, 15) is 4.79 Å². The van der Waals surface area contributed by atoms with Gasteiger partial charge in [0.2, 0.25) is 0 Å². The summed E-state index contributed by atoms with van der Waals surface area (Å²) in [6, 6.07) is 3.67. The smallest absolute Gasteiger partial charge is 0.321 e. The fraction of sp³-hybridized carbons (Fsp3) is 0.357. The van der Waals surface area contributed by atoms with Crippen molar-refractivity contribution in [1.29, 1.82) is 0 Å². The molecule has 0 radical (unpaired) electrons. The number of hydrogen-bond donors (Lipinski definition) is 1. The molecule has 20 heavy (non-hydrogen) atoms. The van der Waals surface area contributed by atoms with Crippen LogP contribution >= 0.6 is 0 Å². The summed E-state index contributed by atoms with van der Waals surface area (Å²) in [5, 5.41) is 7.26. The Hall–Kier alpha value is -2.37. The Labute approximate surface area is 118 Å². The number of urea groups is 1. The lowest BCUT2D eigenvalue weighted by molar-refractivity contribution is 0.247. The van der Waals surface area contributed by atoms with E-state index >= 15 is 0 Å². The Balaban J connectivity index is 2.33. The molecule has 0 atom stereocenters. The molecule has 1 N–H and O–H groups in total. The van der Waals surface area contributed by atoms with E-state index in [2.05, 4.69) is 15.4 Å². The zero-order valence-corrected chi connectivity index (χ0v) is 12.0. The van der Waals surface area contributed by atoms with Crippen LogP contribution in [0.15, 0.2) is 30.7 Å². The van der Waals surface area contributed by atoms with Crippen molar-refractivity contribution in [2.24, 2.45) is 0 Å². The predicted octanol–water partition coefficient (Wildman–Crippen LogP) is 2.13. The van der Waals surface area contributed by atoms with Crippen LogP contribution in [-0.4, -0.2) is 33.9 Å². The van der Waals surface area contributed by atoms with Gasteiger partial charge >= 0.3 is 6.03 Å². The summed E-state index contributed by atoms with van der Waals surface area (Å²) in [6.45, 7) is 6.92. The number of nitrogens with one attached hydrogen (secondary N) is 1. The quantitative estimate of drug-likeness (QED) is 0.928. The molecule has 0 unspecified atom stereocenters. The predicted molar refractivity (Wildman–Crippen MR) is 78.2 cm³/mol. The summed E-state index contributed by atoms with van der Waals surface area (Å²) in [5.41, 5.74) is 2.48. The summed E-state index contributed by atoms with van der Waals surface area (Å²) < 4.78 is 1.74. The zero-order valence-electron chi connectivity index (χ0n) is 12.0. The first-order valence-corrected chi connectivity index (χ1v) is 6.69. The van der Waals surface area contributed by atoms with E-state index < -0.39 is 0 Å². The molecule has 106 valence electrons. The van der Waals surface area contributed by atoms with Crippen molar-refractivity contribution in [1.82, 2.24) is 20.1 Å². The third-order valence-electron chi connectivity index (χ3n) is 2.96. The van der Waals surface area contributed by atoms with E-state index in [0.717, 1.165) is 17.1 Å². The van der Waals surface area contributed by atoms with Crippen molar-refractivity contribution in [2.45, 2.75) is 20.8 Å². The number of pyridine rings is 1. The molecular formula is C14H19N5O. The minimum absolute atomic E-state index is 0.108. The number of anilines is 1. The molecule has 0 fully saturated rings. The summed E-state index contributed by atoms with van der Waals surface area (Å²) in [6.07, 6.45) is 5.30. The third kappa shape index (κ3) is 2.79. The van der Waals surface area contributed by atoms with Gasteiger partial charge in [-0.3, -0.25) is 9.88 Å². The second-order valence-corrected chi connectivity index (χ2v) is 4.34. The summed E-state index contributed by atoms with van der Waals surface area (Å²) in [7, 11) is 0. The zero-order chi connectivity index (χ0) is 14.5. The van der Waals surface area contributed by atoms with Crippen molar-refractivity contribution in [3.05, 3.63) is 36.4 Å². The topological polar surface area (TPSA) is 63.1 Å². The standard InChI is InChI=1S/C14H19N5O/c1-4-16-14(20)18(5-2)13-10-19(17-11(13)3)12-7-6-8-15-9-12/h6-10H,4-5H2,1-3H3,(H,16,20). The Bertz CT molecular complexity index is 579. The largest absolute Gasteiger partial charge is 0.338 e. The second-order valence-electron chi connectivity index (χ2n) is 4.34. The van der Waals surface area contributed by atoms with E-state index in [4.69, 9.17) is 0 Å². The molecule has 2 amide bonds. The highest BCUT2D eigenvalue weighted by molar-refractivity contribution is 5.92. The molecule has 0 aliphatic heterocycles. The van der Waals surface area contributed by atoms with Crippen molar-refractivity contribution in [2.75, 3.05) is 18.0 Å². The molecule has 0 aliphatic rings. The maximum atomic E-state index is 12.0. The molecule has 0 aromatic carbocycles. The molecule has 6 nitrogen and oxygen atoms in total. The van der Waals surface area contributed by atoms with Gasteiger partial charge in [-0.25, -0.2) is 9.48 Å². The monoisotopic (exact) mass is 273 g/mol. The molecule has 6 heteroatoms. The molecule has 2 rings (SSSR count). The van der Waals surface area contributed by atoms with Crippen LogP contribution < -0.4 is 10.2 Å². The van der Waals surface area contributed by atoms with Crippen LogP contribution in [0.25, 0.3) is 5.69 Å². The summed E-state index contributed by atoms with van der Waals surface area (Å²) in [5.74, 6) is 0. The van der Waals surface area contributed by atoms with Gasteiger partial charge in [-0.05, 0) is 32.9 Å². The number of aryl methyl sites for hydroxylation is 1. The Morgan fingerprint density at radius 1 is 1.45 bits per heavy atom. The van der Waals surface area contributed by atoms with E-state index in [1.54, 1.807) is 22.0 Å². The Morgan fingerprint density at radius 3 is 2.85 bits per heavy atom. The van der Waals surface area contributed by atoms with E-state index in [1.165, 1.54) is 0 Å². The minimum atomic E-state index is -0.108. The molecule has 0 saturated carbocycles. The van der Waals surface area contributed by atoms with Crippen LogP contribution in [0.1, 0.15) is 19.5 Å². The number of aromatic nitrogens is 3. The fourth-order valence-electron chi connectivity index (χ4n) is 2.01. The number of nitrogens with zero attached hydrogens (tertiary/aromatic N) is 4. The highest BCUT2D eigenvalue weighted by Crippen LogP contribution is 2.20. The SMILES string of the molecule is CCNC(=O)N(CC)c1cn(-c2cccnc2)nc1C. The van der Waals surface area contributed by atoms with E-state index in [1.807, 2.05) is 39.1 Å². The minimum Gasteiger partial charge on any atom is -0.338 e. The molecule has 0 saturated heterocycles. The first kappa shape index (κ1) is 14.0. The second kappa shape index (κ2) is 6.18. The normalized spacial score (nSPS) is 10.3. The number of amides is 2. The summed E-state index contributed by atoms with van der Waals surface area (Å²) >= 11 is 0. The number of carbonyl (C=O) groups is 1. The van der Waals surface area contributed by atoms with Gasteiger partial charge in [0.25, 0.3) is 0 Å². The lowest BCUT2D eigenvalue weighted by Gasteiger charge is -2.19. The van der Waals surface area contributed by atoms with Gasteiger partial charge in [0.05, 0.1) is 29.5 Å². The van der Waals surface area contributed by atoms with Crippen LogP contribution in [-0.2, 0) is 0 Å². The molecule has 0 bridgehead atoms. The van der Waals surface area contributed by atoms with Gasteiger partial charge in [-0.2, -0.15) is 5.10 Å². The number of rotatable bonds is 4. The third-order valence-corrected chi connectivity index (χ3v) is 2.96. The van der Waals surface area contributed by atoms with Crippen LogP contribution in [0, 0.1) is 6.92 Å². The molecule has 2 aromatic heterocycles. The van der Waals surface area contributed by atoms with Gasteiger partial charge in [0, 0.05) is 19.3 Å². The van der Waals surface area contributed by atoms with Crippen molar-refractivity contribution >= 4 is 11.7 Å².